The maximum absolute atomic E-state index is 11.9. The Balaban J connectivity index is 1.86. The van der Waals surface area contributed by atoms with Gasteiger partial charge in [-0.3, -0.25) is 14.9 Å². The van der Waals surface area contributed by atoms with Gasteiger partial charge in [-0.25, -0.2) is 0 Å². The molecular formula is C13H15NO3S. The lowest BCUT2D eigenvalue weighted by atomic mass is 10.0. The van der Waals surface area contributed by atoms with Crippen molar-refractivity contribution in [1.82, 2.24) is 0 Å². The largest absolute Gasteiger partial charge is 0.298 e. The number of hydrogen-bond acceptors (Lipinski definition) is 4. The van der Waals surface area contributed by atoms with Crippen LogP contribution >= 0.6 is 11.8 Å². The smallest absolute Gasteiger partial charge is 0.269 e. The molecule has 0 radical (unpaired) electrons. The first kappa shape index (κ1) is 13.1. The van der Waals surface area contributed by atoms with Crippen LogP contribution in [-0.4, -0.2) is 16.5 Å². The van der Waals surface area contributed by atoms with Crippen molar-refractivity contribution in [2.45, 2.75) is 30.6 Å². The molecule has 18 heavy (non-hydrogen) atoms. The summed E-state index contributed by atoms with van der Waals surface area (Å²) in [6, 6.07) is 6.35. The third kappa shape index (κ3) is 3.32. The van der Waals surface area contributed by atoms with E-state index in [9.17, 15) is 14.9 Å². The molecule has 0 heterocycles. The molecule has 1 fully saturated rings. The van der Waals surface area contributed by atoms with Crippen molar-refractivity contribution in [3.8, 4) is 0 Å². The normalized spacial score (nSPS) is 15.8. The number of hydrogen-bond donors (Lipinski definition) is 0. The van der Waals surface area contributed by atoms with Gasteiger partial charge in [-0.15, -0.1) is 11.8 Å². The fourth-order valence-corrected chi connectivity index (χ4v) is 3.06. The first-order chi connectivity index (χ1) is 8.66. The Bertz CT molecular complexity index is 438. The first-order valence-corrected chi connectivity index (χ1v) is 7.05. The second kappa shape index (κ2) is 6.00. The zero-order valence-corrected chi connectivity index (χ0v) is 10.8. The lowest BCUT2D eigenvalue weighted by Crippen LogP contribution is -2.12. The second-order valence-electron chi connectivity index (χ2n) is 4.49. The van der Waals surface area contributed by atoms with Crippen LogP contribution in [0.4, 0.5) is 5.69 Å². The number of rotatable bonds is 5. The van der Waals surface area contributed by atoms with Crippen LogP contribution in [-0.2, 0) is 4.79 Å². The number of thioether (sulfide) groups is 1. The first-order valence-electron chi connectivity index (χ1n) is 6.07. The average Bonchev–Trinajstić information content (AvgIpc) is 2.90. The molecule has 96 valence electrons. The van der Waals surface area contributed by atoms with Crippen molar-refractivity contribution in [2.75, 3.05) is 5.75 Å². The van der Waals surface area contributed by atoms with Crippen LogP contribution in [0.15, 0.2) is 29.2 Å². The van der Waals surface area contributed by atoms with Crippen LogP contribution in [0.25, 0.3) is 0 Å². The molecule has 1 aliphatic carbocycles. The van der Waals surface area contributed by atoms with E-state index in [4.69, 9.17) is 0 Å². The monoisotopic (exact) mass is 265 g/mol. The quantitative estimate of drug-likeness (QED) is 0.465. The number of nitro benzene ring substituents is 1. The van der Waals surface area contributed by atoms with E-state index in [1.54, 1.807) is 12.1 Å². The van der Waals surface area contributed by atoms with Crippen LogP contribution < -0.4 is 0 Å². The predicted molar refractivity (Wildman–Crippen MR) is 70.8 cm³/mol. The van der Waals surface area contributed by atoms with E-state index in [2.05, 4.69) is 0 Å². The molecule has 5 heteroatoms. The van der Waals surface area contributed by atoms with Gasteiger partial charge in [-0.1, -0.05) is 12.8 Å². The van der Waals surface area contributed by atoms with Gasteiger partial charge in [0.15, 0.2) is 0 Å². The van der Waals surface area contributed by atoms with Gasteiger partial charge in [0, 0.05) is 22.9 Å². The van der Waals surface area contributed by atoms with E-state index < -0.39 is 4.92 Å². The number of carbonyl (C=O) groups is 1. The highest BCUT2D eigenvalue weighted by Gasteiger charge is 2.22. The molecule has 1 aromatic rings. The maximum Gasteiger partial charge on any atom is 0.269 e. The summed E-state index contributed by atoms with van der Waals surface area (Å²) in [6.45, 7) is 0. The number of ketones is 1. The SMILES string of the molecule is O=C(CSc1ccc([N+](=O)[O-])cc1)C1CCCC1. The molecule has 4 nitrogen and oxygen atoms in total. The maximum atomic E-state index is 11.9. The Labute approximate surface area is 110 Å². The van der Waals surface area contributed by atoms with Crippen LogP contribution in [0.3, 0.4) is 0 Å². The third-order valence-electron chi connectivity index (χ3n) is 3.24. The summed E-state index contributed by atoms with van der Waals surface area (Å²) in [5, 5.41) is 10.5. The molecule has 0 spiro atoms. The Morgan fingerprint density at radius 3 is 2.44 bits per heavy atom. The number of carbonyl (C=O) groups excluding carboxylic acids is 1. The highest BCUT2D eigenvalue weighted by Crippen LogP contribution is 2.28. The topological polar surface area (TPSA) is 60.2 Å². The van der Waals surface area contributed by atoms with Crippen molar-refractivity contribution in [2.24, 2.45) is 5.92 Å². The lowest BCUT2D eigenvalue weighted by molar-refractivity contribution is -0.384. The molecule has 0 atom stereocenters. The number of nitro groups is 1. The van der Waals surface area contributed by atoms with Crippen LogP contribution in [0.1, 0.15) is 25.7 Å². The van der Waals surface area contributed by atoms with Gasteiger partial charge in [0.05, 0.1) is 10.7 Å². The van der Waals surface area contributed by atoms with Gasteiger partial charge in [-0.05, 0) is 25.0 Å². The number of nitrogens with zero attached hydrogens (tertiary/aromatic N) is 1. The summed E-state index contributed by atoms with van der Waals surface area (Å²) in [4.78, 5) is 22.9. The van der Waals surface area contributed by atoms with Gasteiger partial charge in [0.25, 0.3) is 5.69 Å². The Kier molecular flexibility index (Phi) is 4.36. The molecule has 0 aliphatic heterocycles. The van der Waals surface area contributed by atoms with E-state index in [1.807, 2.05) is 0 Å². The van der Waals surface area contributed by atoms with Crippen LogP contribution in [0.5, 0.6) is 0 Å². The van der Waals surface area contributed by atoms with Gasteiger partial charge >= 0.3 is 0 Å². The van der Waals surface area contributed by atoms with Gasteiger partial charge < -0.3 is 0 Å². The minimum Gasteiger partial charge on any atom is -0.298 e. The van der Waals surface area contributed by atoms with E-state index in [0.29, 0.717) is 11.5 Å². The Morgan fingerprint density at radius 2 is 1.89 bits per heavy atom. The zero-order chi connectivity index (χ0) is 13.0. The standard InChI is InChI=1S/C13H15NO3S/c15-13(10-3-1-2-4-10)9-18-12-7-5-11(6-8-12)14(16)17/h5-8,10H,1-4,9H2. The molecule has 0 bridgehead atoms. The molecule has 1 aromatic carbocycles. The van der Waals surface area contributed by atoms with E-state index in [1.165, 1.54) is 36.7 Å². The lowest BCUT2D eigenvalue weighted by Gasteiger charge is -2.07. The number of benzene rings is 1. The summed E-state index contributed by atoms with van der Waals surface area (Å²) in [5.41, 5.74) is 0.0847. The minimum absolute atomic E-state index is 0.0847. The Morgan fingerprint density at radius 1 is 1.28 bits per heavy atom. The fourth-order valence-electron chi connectivity index (χ4n) is 2.18. The van der Waals surface area contributed by atoms with Crippen LogP contribution in [0, 0.1) is 16.0 Å². The van der Waals surface area contributed by atoms with Gasteiger partial charge in [-0.2, -0.15) is 0 Å². The van der Waals surface area contributed by atoms with E-state index in [0.717, 1.165) is 17.7 Å². The van der Waals surface area contributed by atoms with Gasteiger partial charge in [0.1, 0.15) is 5.78 Å². The van der Waals surface area contributed by atoms with Crippen molar-refractivity contribution < 1.29 is 9.72 Å². The molecule has 0 N–H and O–H groups in total. The highest BCUT2D eigenvalue weighted by molar-refractivity contribution is 8.00. The van der Waals surface area contributed by atoms with E-state index >= 15 is 0 Å². The molecule has 0 saturated heterocycles. The van der Waals surface area contributed by atoms with E-state index in [-0.39, 0.29) is 11.6 Å². The summed E-state index contributed by atoms with van der Waals surface area (Å²) >= 11 is 1.46. The second-order valence-corrected chi connectivity index (χ2v) is 5.54. The highest BCUT2D eigenvalue weighted by atomic mass is 32.2. The summed E-state index contributed by atoms with van der Waals surface area (Å²) in [6.07, 6.45) is 4.39. The molecule has 1 saturated carbocycles. The summed E-state index contributed by atoms with van der Waals surface area (Å²) in [5.74, 6) is 1.04. The molecule has 0 aromatic heterocycles. The average molecular weight is 265 g/mol. The number of non-ortho nitro benzene ring substituents is 1. The fraction of sp³-hybridized carbons (Fsp3) is 0.462. The molecule has 2 rings (SSSR count). The zero-order valence-electron chi connectivity index (χ0n) is 10.0. The van der Waals surface area contributed by atoms with Crippen LogP contribution in [0.2, 0.25) is 0 Å². The molecule has 1 aliphatic rings. The summed E-state index contributed by atoms with van der Waals surface area (Å²) in [7, 11) is 0. The number of Topliss-reactive ketones (excluding diaryl/α,β-unsaturated/α-hetero) is 1. The predicted octanol–water partition coefficient (Wildman–Crippen LogP) is 3.45. The summed E-state index contributed by atoms with van der Waals surface area (Å²) < 4.78 is 0. The van der Waals surface area contributed by atoms with Crippen molar-refractivity contribution >= 4 is 23.2 Å². The van der Waals surface area contributed by atoms with Crippen molar-refractivity contribution in [1.29, 1.82) is 0 Å². The molecule has 0 unspecified atom stereocenters. The van der Waals surface area contributed by atoms with Gasteiger partial charge in [0.2, 0.25) is 0 Å². The molecular weight excluding hydrogens is 250 g/mol. The van der Waals surface area contributed by atoms with Crippen molar-refractivity contribution in [3.63, 3.8) is 0 Å². The third-order valence-corrected chi connectivity index (χ3v) is 4.27. The minimum atomic E-state index is -0.419. The Hall–Kier alpha value is -1.36. The molecule has 0 amide bonds. The van der Waals surface area contributed by atoms with Crippen molar-refractivity contribution in [3.05, 3.63) is 34.4 Å².